The smallest absolute Gasteiger partial charge is 0.167 e. The van der Waals surface area contributed by atoms with Gasteiger partial charge in [0.05, 0.1) is 10.7 Å². The largest absolute Gasteiger partial charge is 0.352 e. The molecule has 5 heteroatoms. The number of likely N-dealkylation sites (tertiary alicyclic amines) is 1. The molecule has 3 rings (SSSR count). The summed E-state index contributed by atoms with van der Waals surface area (Å²) in [6.45, 7) is 6.40. The van der Waals surface area contributed by atoms with Crippen LogP contribution in [-0.4, -0.2) is 21.8 Å². The molecule has 0 atom stereocenters. The Bertz CT molecular complexity index is 829. The van der Waals surface area contributed by atoms with Gasteiger partial charge in [-0.2, -0.15) is 0 Å². The average molecular weight is 485 g/mol. The molecule has 1 fully saturated rings. The van der Waals surface area contributed by atoms with Crippen molar-refractivity contribution in [3.8, 4) is 0 Å². The molecule has 2 aromatic carbocycles. The van der Waals surface area contributed by atoms with Gasteiger partial charge >= 0.3 is 0 Å². The number of hydrogen-bond donors (Lipinski definition) is 0. The molecule has 0 saturated carbocycles. The summed E-state index contributed by atoms with van der Waals surface area (Å²) in [4.78, 5) is 7.24. The number of nitrogens with zero attached hydrogens (tertiary/aromatic N) is 2. The molecule has 0 aliphatic carbocycles. The van der Waals surface area contributed by atoms with E-state index < -0.39 is 0 Å². The molecular formula is C21H23ClFIN2. The lowest BCUT2D eigenvalue weighted by atomic mass is 9.97. The maximum Gasteiger partial charge on any atom is 0.167 e. The van der Waals surface area contributed by atoms with Crippen LogP contribution in [-0.2, 0) is 6.42 Å². The van der Waals surface area contributed by atoms with Crippen LogP contribution in [0.1, 0.15) is 41.5 Å². The van der Waals surface area contributed by atoms with Crippen LogP contribution < -0.4 is 0 Å². The monoisotopic (exact) mass is 484 g/mol. The quantitative estimate of drug-likeness (QED) is 0.207. The standard InChI is InChI=1S/C21H23ClFIN2/c1-14-11-20(25-21(24)26-8-4-3-5-9-26)15(2)10-17(14)12-16-6-7-19(23)18(22)13-16/h6-7,10-11,13H,3-5,8-9,12H2,1-2H3. The van der Waals surface area contributed by atoms with Crippen LogP contribution in [0.25, 0.3) is 0 Å². The lowest BCUT2D eigenvalue weighted by Gasteiger charge is -2.27. The summed E-state index contributed by atoms with van der Waals surface area (Å²) >= 11 is 8.26. The first-order valence-corrected chi connectivity index (χ1v) is 10.4. The fraction of sp³-hybridized carbons (Fsp3) is 0.381. The number of piperidine rings is 1. The SMILES string of the molecule is Cc1cc(N=C(I)N2CCCCC2)c(C)cc1Cc1ccc(F)c(Cl)c1. The topological polar surface area (TPSA) is 15.6 Å². The second-order valence-electron chi connectivity index (χ2n) is 6.92. The fourth-order valence-corrected chi connectivity index (χ4v) is 4.24. The van der Waals surface area contributed by atoms with E-state index in [1.165, 1.54) is 36.5 Å². The van der Waals surface area contributed by atoms with E-state index in [0.29, 0.717) is 0 Å². The minimum Gasteiger partial charge on any atom is -0.352 e. The van der Waals surface area contributed by atoms with Crippen LogP contribution in [0.2, 0.25) is 5.02 Å². The molecule has 1 aliphatic rings. The van der Waals surface area contributed by atoms with Gasteiger partial charge in [0.1, 0.15) is 5.82 Å². The Labute approximate surface area is 173 Å². The lowest BCUT2D eigenvalue weighted by Crippen LogP contribution is -2.32. The first-order valence-electron chi connectivity index (χ1n) is 8.97. The van der Waals surface area contributed by atoms with E-state index in [4.69, 9.17) is 16.6 Å². The van der Waals surface area contributed by atoms with Crippen LogP contribution in [0.4, 0.5) is 10.1 Å². The van der Waals surface area contributed by atoms with E-state index in [1.54, 1.807) is 12.1 Å². The molecule has 26 heavy (non-hydrogen) atoms. The van der Waals surface area contributed by atoms with Crippen molar-refractivity contribution in [3.63, 3.8) is 0 Å². The van der Waals surface area contributed by atoms with Gasteiger partial charge in [-0.25, -0.2) is 9.38 Å². The summed E-state index contributed by atoms with van der Waals surface area (Å²) < 4.78 is 14.4. The van der Waals surface area contributed by atoms with Crippen molar-refractivity contribution >= 4 is 43.7 Å². The fourth-order valence-electron chi connectivity index (χ4n) is 3.29. The van der Waals surface area contributed by atoms with E-state index >= 15 is 0 Å². The predicted molar refractivity (Wildman–Crippen MR) is 117 cm³/mol. The minimum absolute atomic E-state index is 0.175. The van der Waals surface area contributed by atoms with E-state index in [2.05, 4.69) is 53.5 Å². The number of aryl methyl sites for hydroxylation is 2. The van der Waals surface area contributed by atoms with Crippen LogP contribution >= 0.6 is 34.2 Å². The van der Waals surface area contributed by atoms with Gasteiger partial charge in [-0.15, -0.1) is 0 Å². The number of benzene rings is 2. The third-order valence-electron chi connectivity index (χ3n) is 4.86. The zero-order valence-corrected chi connectivity index (χ0v) is 18.1. The molecule has 0 bridgehead atoms. The molecule has 0 aromatic heterocycles. The summed E-state index contributed by atoms with van der Waals surface area (Å²) in [6.07, 6.45) is 4.55. The molecule has 2 nitrogen and oxygen atoms in total. The van der Waals surface area contributed by atoms with Gasteiger partial charge < -0.3 is 4.90 Å². The van der Waals surface area contributed by atoms with Crippen LogP contribution in [0, 0.1) is 19.7 Å². The first kappa shape index (κ1) is 19.6. The van der Waals surface area contributed by atoms with Gasteiger partial charge in [0, 0.05) is 13.1 Å². The molecule has 2 aromatic rings. The van der Waals surface area contributed by atoms with Crippen molar-refractivity contribution in [2.24, 2.45) is 4.99 Å². The molecule has 0 amide bonds. The second-order valence-corrected chi connectivity index (χ2v) is 8.29. The summed E-state index contributed by atoms with van der Waals surface area (Å²) in [7, 11) is 0. The molecule has 0 spiro atoms. The van der Waals surface area contributed by atoms with E-state index in [-0.39, 0.29) is 10.8 Å². The summed E-state index contributed by atoms with van der Waals surface area (Å²) in [5.41, 5.74) is 5.61. The minimum atomic E-state index is -0.375. The molecule has 0 radical (unpaired) electrons. The van der Waals surface area contributed by atoms with Gasteiger partial charge in [0.2, 0.25) is 0 Å². The van der Waals surface area contributed by atoms with Crippen molar-refractivity contribution < 1.29 is 4.39 Å². The number of rotatable bonds is 3. The molecule has 0 unspecified atom stereocenters. The Morgan fingerprint density at radius 1 is 1.12 bits per heavy atom. The predicted octanol–water partition coefficient (Wildman–Crippen LogP) is 6.60. The third-order valence-corrected chi connectivity index (χ3v) is 6.08. The number of amidine groups is 1. The Balaban J connectivity index is 1.82. The maximum absolute atomic E-state index is 13.4. The highest BCUT2D eigenvalue weighted by Crippen LogP contribution is 2.27. The Kier molecular flexibility index (Phi) is 6.56. The molecule has 138 valence electrons. The van der Waals surface area contributed by atoms with Gasteiger partial charge in [-0.1, -0.05) is 23.7 Å². The van der Waals surface area contributed by atoms with Crippen molar-refractivity contribution in [2.75, 3.05) is 13.1 Å². The van der Waals surface area contributed by atoms with E-state index in [0.717, 1.165) is 40.2 Å². The van der Waals surface area contributed by atoms with Crippen molar-refractivity contribution in [1.82, 2.24) is 4.90 Å². The molecular weight excluding hydrogens is 462 g/mol. The summed E-state index contributed by atoms with van der Waals surface area (Å²) in [5.74, 6) is -0.375. The molecule has 1 saturated heterocycles. The zero-order valence-electron chi connectivity index (χ0n) is 15.2. The van der Waals surface area contributed by atoms with E-state index in [1.807, 2.05) is 0 Å². The molecule has 0 N–H and O–H groups in total. The third kappa shape index (κ3) is 4.77. The summed E-state index contributed by atoms with van der Waals surface area (Å²) in [6, 6.07) is 9.27. The molecule has 1 aliphatic heterocycles. The number of halogens is 3. The Hall–Kier alpha value is -1.14. The number of hydrogen-bond acceptors (Lipinski definition) is 1. The van der Waals surface area contributed by atoms with Crippen molar-refractivity contribution in [2.45, 2.75) is 39.5 Å². The van der Waals surface area contributed by atoms with Gasteiger partial charge in [-0.3, -0.25) is 0 Å². The number of aliphatic imine (C=N–C) groups is 1. The Morgan fingerprint density at radius 2 is 1.85 bits per heavy atom. The summed E-state index contributed by atoms with van der Waals surface area (Å²) in [5, 5.41) is 0.175. The second kappa shape index (κ2) is 8.70. The van der Waals surface area contributed by atoms with Crippen LogP contribution in [0.15, 0.2) is 35.3 Å². The normalized spacial score (nSPS) is 15.4. The highest BCUT2D eigenvalue weighted by molar-refractivity contribution is 14.1. The average Bonchev–Trinajstić information content (AvgIpc) is 2.63. The lowest BCUT2D eigenvalue weighted by molar-refractivity contribution is 0.349. The highest BCUT2D eigenvalue weighted by Gasteiger charge is 2.13. The van der Waals surface area contributed by atoms with E-state index in [9.17, 15) is 4.39 Å². The maximum atomic E-state index is 13.4. The van der Waals surface area contributed by atoms with Crippen molar-refractivity contribution in [1.29, 1.82) is 0 Å². The first-order chi connectivity index (χ1) is 12.4. The molecule has 1 heterocycles. The van der Waals surface area contributed by atoms with Crippen LogP contribution in [0.5, 0.6) is 0 Å². The van der Waals surface area contributed by atoms with Gasteiger partial charge in [0.15, 0.2) is 3.84 Å². The zero-order chi connectivity index (χ0) is 18.7. The Morgan fingerprint density at radius 3 is 2.54 bits per heavy atom. The van der Waals surface area contributed by atoms with Gasteiger partial charge in [0.25, 0.3) is 0 Å². The van der Waals surface area contributed by atoms with Crippen molar-refractivity contribution in [3.05, 3.63) is 63.4 Å². The highest BCUT2D eigenvalue weighted by atomic mass is 127. The van der Waals surface area contributed by atoms with Crippen LogP contribution in [0.3, 0.4) is 0 Å². The van der Waals surface area contributed by atoms with Gasteiger partial charge in [-0.05, 0) is 103 Å².